The Morgan fingerprint density at radius 3 is 1.83 bits per heavy atom. The van der Waals surface area contributed by atoms with E-state index in [9.17, 15) is 7.92 Å². The minimum atomic E-state index is -5.38. The van der Waals surface area contributed by atoms with Gasteiger partial charge >= 0.3 is 131 Å². The zero-order chi connectivity index (χ0) is 16.1. The van der Waals surface area contributed by atoms with E-state index >= 15 is 0 Å². The third-order valence-electron chi connectivity index (χ3n) is 5.35. The van der Waals surface area contributed by atoms with Gasteiger partial charge in [-0.05, 0) is 0 Å². The molecule has 1 aliphatic rings. The summed E-state index contributed by atoms with van der Waals surface area (Å²) < 4.78 is 22.0. The van der Waals surface area contributed by atoms with Crippen LogP contribution >= 0.6 is 24.8 Å². The SMILES string of the molecule is C[O][Zr]([CH3])(=[O])(=[SiH2])([CH2]CO)[CH]1c2ccccc2-c2ccccc21.Cl.Cl. The number of hydrogen-bond acceptors (Lipinski definition) is 3. The number of aliphatic hydroxyl groups is 1. The van der Waals surface area contributed by atoms with Gasteiger partial charge < -0.3 is 0 Å². The predicted molar refractivity (Wildman–Crippen MR) is 102 cm³/mol. The molecule has 0 amide bonds. The molecule has 0 heterocycles. The van der Waals surface area contributed by atoms with Crippen LogP contribution in [0, 0.1) is 0 Å². The molecular formula is C17H24Cl2O3SiZr. The van der Waals surface area contributed by atoms with E-state index in [1.807, 2.05) is 36.4 Å². The molecule has 0 saturated heterocycles. The quantitative estimate of drug-likeness (QED) is 0.699. The molecule has 1 N–H and O–H groups in total. The van der Waals surface area contributed by atoms with Crippen LogP contribution in [0.4, 0.5) is 0 Å². The number of halogens is 2. The maximum absolute atomic E-state index is 14.4. The van der Waals surface area contributed by atoms with Gasteiger partial charge in [-0.3, -0.25) is 0 Å². The Balaban J connectivity index is 0.00000144. The maximum Gasteiger partial charge on any atom is -0.147 e. The van der Waals surface area contributed by atoms with Crippen molar-refractivity contribution in [3.05, 3.63) is 59.7 Å². The molecule has 0 atom stereocenters. The number of fused-ring (bicyclic) bond motifs is 3. The van der Waals surface area contributed by atoms with Crippen molar-refractivity contribution in [2.75, 3.05) is 13.7 Å². The van der Waals surface area contributed by atoms with E-state index in [1.165, 1.54) is 14.0 Å². The van der Waals surface area contributed by atoms with E-state index in [1.54, 1.807) is 4.63 Å². The van der Waals surface area contributed by atoms with Crippen LogP contribution in [0.5, 0.6) is 0 Å². The molecule has 0 aromatic heterocycles. The molecule has 0 radical (unpaired) electrons. The third-order valence-corrected chi connectivity index (χ3v) is 25.4. The Bertz CT molecular complexity index is 887. The first-order valence-electron chi connectivity index (χ1n) is 7.61. The van der Waals surface area contributed by atoms with Gasteiger partial charge in [0, 0.05) is 0 Å². The fourth-order valence-corrected chi connectivity index (χ4v) is 17.1. The molecule has 7 heteroatoms. The number of benzene rings is 2. The summed E-state index contributed by atoms with van der Waals surface area (Å²) in [4.78, 5) is 0. The van der Waals surface area contributed by atoms with Gasteiger partial charge in [0.1, 0.15) is 0 Å². The zero-order valence-corrected chi connectivity index (χ0v) is 19.4. The summed E-state index contributed by atoms with van der Waals surface area (Å²) in [5.74, 6) is 0. The van der Waals surface area contributed by atoms with Gasteiger partial charge in [0.05, 0.1) is 0 Å². The van der Waals surface area contributed by atoms with E-state index in [0.29, 0.717) is 0 Å². The van der Waals surface area contributed by atoms with Crippen molar-refractivity contribution in [3.8, 4) is 11.1 Å². The molecule has 0 fully saturated rings. The van der Waals surface area contributed by atoms with Crippen molar-refractivity contribution in [2.45, 2.75) is 12.4 Å². The van der Waals surface area contributed by atoms with E-state index in [2.05, 4.69) is 12.1 Å². The Hall–Kier alpha value is -0.160. The maximum atomic E-state index is 14.4. The van der Waals surface area contributed by atoms with Crippen molar-refractivity contribution < 1.29 is 27.1 Å². The monoisotopic (exact) mass is 464 g/mol. The number of aliphatic hydroxyl groups excluding tert-OH is 1. The second-order valence-electron chi connectivity index (χ2n) is 7.24. The van der Waals surface area contributed by atoms with Crippen LogP contribution in [0.1, 0.15) is 14.8 Å². The first-order chi connectivity index (χ1) is 10.3. The first-order valence-corrected chi connectivity index (χ1v) is 21.2. The molecule has 0 aliphatic heterocycles. The Labute approximate surface area is 154 Å². The normalized spacial score (nSPS) is 14.5. The standard InChI is InChI=1S/C13H9.C2H5O.CH3O.CH3.2ClH.O.H2Si.Zr/c1-3-7-12-10(5-1)9-11-6-2-4-8-13(11)12;1-2-3;1-2;;;;;;/h1-9H;3H,1-2H2;1H3;1H3;2*1H;;1H2;/q;;-1;;;;;;+1. The van der Waals surface area contributed by atoms with Gasteiger partial charge in [0.2, 0.25) is 0 Å². The van der Waals surface area contributed by atoms with Crippen LogP contribution in [0.3, 0.4) is 0 Å². The van der Waals surface area contributed by atoms with Crippen LogP contribution in [0.15, 0.2) is 48.5 Å². The smallest absolute Gasteiger partial charge is 0.147 e. The molecule has 0 spiro atoms. The average molecular weight is 467 g/mol. The summed E-state index contributed by atoms with van der Waals surface area (Å²) >= 11 is -5.38. The minimum Gasteiger partial charge on any atom is -0.147 e. The van der Waals surface area contributed by atoms with Crippen molar-refractivity contribution >= 4 is 31.7 Å². The van der Waals surface area contributed by atoms with Gasteiger partial charge in [0.15, 0.2) is 0 Å². The molecule has 132 valence electrons. The molecule has 24 heavy (non-hydrogen) atoms. The molecule has 2 aromatic rings. The van der Waals surface area contributed by atoms with Gasteiger partial charge in [-0.1, -0.05) is 0 Å². The summed E-state index contributed by atoms with van der Waals surface area (Å²) in [6.07, 6.45) is 0. The van der Waals surface area contributed by atoms with Crippen molar-refractivity contribution in [3.63, 3.8) is 0 Å². The molecule has 1 aliphatic carbocycles. The van der Waals surface area contributed by atoms with Crippen molar-refractivity contribution in [1.82, 2.24) is 0 Å². The van der Waals surface area contributed by atoms with E-state index < -0.39 is 16.4 Å². The van der Waals surface area contributed by atoms with Crippen LogP contribution in [-0.4, -0.2) is 25.7 Å². The molecular weight excluding hydrogens is 442 g/mol. The second-order valence-corrected chi connectivity index (χ2v) is 38.4. The summed E-state index contributed by atoms with van der Waals surface area (Å²) in [6.45, 7) is 1.38. The molecule has 3 rings (SSSR count). The summed E-state index contributed by atoms with van der Waals surface area (Å²) in [6, 6.07) is 16.2. The van der Waals surface area contributed by atoms with E-state index in [0.717, 1.165) is 22.3 Å². The Kier molecular flexibility index (Phi) is 5.96. The average Bonchev–Trinajstić information content (AvgIpc) is 2.83. The zero-order valence-electron chi connectivity index (χ0n) is 13.9. The van der Waals surface area contributed by atoms with Gasteiger partial charge in [0.25, 0.3) is 0 Å². The predicted octanol–water partition coefficient (Wildman–Crippen LogP) is 3.74. The van der Waals surface area contributed by atoms with E-state index in [4.69, 9.17) is 2.81 Å². The Morgan fingerprint density at radius 2 is 1.46 bits per heavy atom. The van der Waals surface area contributed by atoms with Crippen LogP contribution in [-0.2, 0) is 22.0 Å². The largest absolute Gasteiger partial charge is 0.147 e. The first kappa shape index (κ1) is 21.9. The molecule has 0 bridgehead atoms. The Morgan fingerprint density at radius 1 is 1.04 bits per heavy atom. The summed E-state index contributed by atoms with van der Waals surface area (Å²) in [5.41, 5.74) is 4.37. The van der Waals surface area contributed by atoms with Crippen LogP contribution < -0.4 is 0 Å². The number of hydrogen-bond donors (Lipinski definition) is 1. The summed E-state index contributed by atoms with van der Waals surface area (Å²) in [5, 5.41) is 9.59. The molecule has 2 aromatic carbocycles. The summed E-state index contributed by atoms with van der Waals surface area (Å²) in [7, 11) is 1.54. The van der Waals surface area contributed by atoms with Gasteiger partial charge in [-0.15, -0.1) is 24.8 Å². The topological polar surface area (TPSA) is 46.5 Å². The fraction of sp³-hybridized carbons (Fsp3) is 0.294. The molecule has 0 saturated carbocycles. The van der Waals surface area contributed by atoms with Crippen molar-refractivity contribution in [1.29, 1.82) is 0 Å². The van der Waals surface area contributed by atoms with Crippen molar-refractivity contribution in [2.24, 2.45) is 0 Å². The molecule has 3 nitrogen and oxygen atoms in total. The minimum absolute atomic E-state index is 0. The van der Waals surface area contributed by atoms with E-state index in [-0.39, 0.29) is 39.2 Å². The van der Waals surface area contributed by atoms with Crippen LogP contribution in [0.25, 0.3) is 11.1 Å². The van der Waals surface area contributed by atoms with Gasteiger partial charge in [-0.2, -0.15) is 0 Å². The molecule has 0 unspecified atom stereocenters. The fourth-order valence-electron chi connectivity index (χ4n) is 3.87. The second kappa shape index (κ2) is 6.53. The van der Waals surface area contributed by atoms with Crippen LogP contribution in [0.2, 0.25) is 8.76 Å². The number of rotatable bonds is 4. The van der Waals surface area contributed by atoms with Gasteiger partial charge in [-0.25, -0.2) is 0 Å². The third kappa shape index (κ3) is 3.15.